The quantitative estimate of drug-likeness (QED) is 0.335. The number of hydrogen-bond acceptors (Lipinski definition) is 4. The molecular weight excluding hydrogens is 268 g/mol. The molecule has 1 aromatic rings. The van der Waals surface area contributed by atoms with E-state index in [9.17, 15) is 19.7 Å². The molecule has 7 heteroatoms. The van der Waals surface area contributed by atoms with Crippen molar-refractivity contribution in [2.75, 3.05) is 0 Å². The van der Waals surface area contributed by atoms with Crippen LogP contribution in [0.25, 0.3) is 0 Å². The molecule has 2 amide bonds. The van der Waals surface area contributed by atoms with E-state index in [4.69, 9.17) is 0 Å². The Bertz CT molecular complexity index is 499. The summed E-state index contributed by atoms with van der Waals surface area (Å²) in [4.78, 5) is 32.8. The van der Waals surface area contributed by atoms with Crippen molar-refractivity contribution in [3.63, 3.8) is 0 Å². The summed E-state index contributed by atoms with van der Waals surface area (Å²) >= 11 is 2.74. The number of carbonyl (C=O) groups is 2. The number of fused-ring (bicyclic) bond motifs is 1. The fourth-order valence-electron chi connectivity index (χ4n) is 1.39. The lowest BCUT2D eigenvalue weighted by Crippen LogP contribution is -2.17. The first-order chi connectivity index (χ1) is 7.04. The van der Waals surface area contributed by atoms with E-state index in [1.54, 1.807) is 0 Å². The van der Waals surface area contributed by atoms with Gasteiger partial charge in [-0.1, -0.05) is 6.07 Å². The monoisotopic (exact) mass is 270 g/mol. The minimum absolute atomic E-state index is 0.0473. The summed E-state index contributed by atoms with van der Waals surface area (Å²) < 4.78 is 0.685. The summed E-state index contributed by atoms with van der Waals surface area (Å²) in [5.74, 6) is -1.29. The van der Waals surface area contributed by atoms with Gasteiger partial charge in [0.05, 0.1) is 26.6 Å². The number of imide groups is 1. The van der Waals surface area contributed by atoms with Gasteiger partial charge in [0, 0.05) is 6.07 Å². The van der Waals surface area contributed by atoms with Gasteiger partial charge < -0.3 is 0 Å². The van der Waals surface area contributed by atoms with Crippen LogP contribution in [0.4, 0.5) is 5.69 Å². The van der Waals surface area contributed by atoms with Crippen molar-refractivity contribution < 1.29 is 14.5 Å². The van der Waals surface area contributed by atoms with Gasteiger partial charge in [-0.15, -0.1) is 0 Å². The molecule has 1 aliphatic rings. The maximum Gasteiger partial charge on any atom is 0.283 e. The first kappa shape index (κ1) is 9.78. The molecule has 0 atom stereocenters. The Balaban J connectivity index is 2.74. The Morgan fingerprint density at radius 1 is 1.27 bits per heavy atom. The number of nitro benzene ring substituents is 1. The molecule has 0 fully saturated rings. The van der Waals surface area contributed by atoms with E-state index in [2.05, 4.69) is 16.1 Å². The Labute approximate surface area is 92.0 Å². The highest BCUT2D eigenvalue weighted by atomic mass is 79.9. The number of hydrogen-bond donors (Lipinski definition) is 0. The van der Waals surface area contributed by atoms with Crippen LogP contribution >= 0.6 is 16.1 Å². The molecule has 1 aromatic carbocycles. The van der Waals surface area contributed by atoms with Gasteiger partial charge in [-0.05, 0) is 6.07 Å². The van der Waals surface area contributed by atoms with Crippen LogP contribution in [0.2, 0.25) is 0 Å². The maximum absolute atomic E-state index is 11.5. The Kier molecular flexibility index (Phi) is 2.04. The van der Waals surface area contributed by atoms with Gasteiger partial charge in [-0.3, -0.25) is 19.7 Å². The van der Waals surface area contributed by atoms with Gasteiger partial charge in [0.15, 0.2) is 0 Å². The molecule has 1 aliphatic heterocycles. The predicted octanol–water partition coefficient (Wildman–Crippen LogP) is 1.50. The van der Waals surface area contributed by atoms with Gasteiger partial charge >= 0.3 is 0 Å². The van der Waals surface area contributed by atoms with Crippen molar-refractivity contribution in [2.24, 2.45) is 0 Å². The molecule has 0 saturated heterocycles. The first-order valence-corrected chi connectivity index (χ1v) is 4.57. The molecule has 0 aliphatic carbocycles. The van der Waals surface area contributed by atoms with Crippen LogP contribution in [0.1, 0.15) is 20.7 Å². The molecule has 0 aromatic heterocycles. The van der Waals surface area contributed by atoms with Crippen LogP contribution in [0.15, 0.2) is 18.2 Å². The molecule has 0 bridgehead atoms. The van der Waals surface area contributed by atoms with E-state index < -0.39 is 16.7 Å². The van der Waals surface area contributed by atoms with Gasteiger partial charge in [-0.2, -0.15) is 0 Å². The SMILES string of the molecule is O=C1c2cccc([N+](=O)[O-])c2C(=O)N1Br. The van der Waals surface area contributed by atoms with Gasteiger partial charge in [0.2, 0.25) is 0 Å². The number of rotatable bonds is 1. The van der Waals surface area contributed by atoms with Crippen molar-refractivity contribution in [1.29, 1.82) is 0 Å². The molecule has 0 spiro atoms. The lowest BCUT2D eigenvalue weighted by molar-refractivity contribution is -0.385. The molecule has 1 heterocycles. The van der Waals surface area contributed by atoms with Crippen LogP contribution in [0, 0.1) is 10.1 Å². The van der Waals surface area contributed by atoms with Gasteiger partial charge in [0.1, 0.15) is 5.56 Å². The molecule has 2 rings (SSSR count). The summed E-state index contributed by atoms with van der Waals surface area (Å²) in [5.41, 5.74) is -0.469. The number of amides is 2. The number of halogens is 1. The highest BCUT2D eigenvalue weighted by Gasteiger charge is 2.39. The second-order valence-electron chi connectivity index (χ2n) is 2.85. The number of nitro groups is 1. The van der Waals surface area contributed by atoms with Gasteiger partial charge in [0.25, 0.3) is 17.5 Å². The third-order valence-electron chi connectivity index (χ3n) is 2.04. The smallest absolute Gasteiger partial charge is 0.268 e. The fourth-order valence-corrected chi connectivity index (χ4v) is 1.76. The Morgan fingerprint density at radius 3 is 2.53 bits per heavy atom. The molecule has 0 radical (unpaired) electrons. The molecule has 0 N–H and O–H groups in total. The van der Waals surface area contributed by atoms with Crippen LogP contribution in [-0.4, -0.2) is 20.7 Å². The zero-order valence-electron chi connectivity index (χ0n) is 7.14. The number of benzene rings is 1. The largest absolute Gasteiger partial charge is 0.283 e. The van der Waals surface area contributed by atoms with Crippen LogP contribution in [0.5, 0.6) is 0 Å². The van der Waals surface area contributed by atoms with Crippen LogP contribution < -0.4 is 0 Å². The minimum atomic E-state index is -0.706. The van der Waals surface area contributed by atoms with Crippen LogP contribution in [0.3, 0.4) is 0 Å². The molecule has 76 valence electrons. The predicted molar refractivity (Wildman–Crippen MR) is 52.5 cm³/mol. The van der Waals surface area contributed by atoms with Crippen molar-refractivity contribution in [3.8, 4) is 0 Å². The molecule has 0 saturated carbocycles. The Hall–Kier alpha value is -1.76. The summed E-state index contributed by atoms with van der Waals surface area (Å²) in [6.45, 7) is 0. The lowest BCUT2D eigenvalue weighted by atomic mass is 10.1. The molecule has 6 nitrogen and oxygen atoms in total. The highest BCUT2D eigenvalue weighted by Crippen LogP contribution is 2.31. The zero-order valence-corrected chi connectivity index (χ0v) is 8.72. The molecule has 15 heavy (non-hydrogen) atoms. The summed E-state index contributed by atoms with van der Waals surface area (Å²) in [6, 6.07) is 3.94. The van der Waals surface area contributed by atoms with E-state index in [0.29, 0.717) is 3.93 Å². The van der Waals surface area contributed by atoms with Crippen molar-refractivity contribution in [2.45, 2.75) is 0 Å². The topological polar surface area (TPSA) is 80.5 Å². The minimum Gasteiger partial charge on any atom is -0.268 e. The third kappa shape index (κ3) is 1.23. The average molecular weight is 271 g/mol. The zero-order chi connectivity index (χ0) is 11.2. The highest BCUT2D eigenvalue weighted by molar-refractivity contribution is 9.08. The summed E-state index contributed by atoms with van der Waals surface area (Å²) in [7, 11) is 0. The second kappa shape index (κ2) is 3.13. The Morgan fingerprint density at radius 2 is 1.93 bits per heavy atom. The maximum atomic E-state index is 11.5. The second-order valence-corrected chi connectivity index (χ2v) is 3.56. The first-order valence-electron chi connectivity index (χ1n) is 3.86. The average Bonchev–Trinajstić information content (AvgIpc) is 2.44. The number of nitrogens with zero attached hydrogens (tertiary/aromatic N) is 2. The van der Waals surface area contributed by atoms with Crippen molar-refractivity contribution in [3.05, 3.63) is 39.4 Å². The normalized spacial score (nSPS) is 14.3. The standard InChI is InChI=1S/C8H3BrN2O4/c9-10-7(12)4-2-1-3-5(11(14)15)6(4)8(10)13/h1-3H. The third-order valence-corrected chi connectivity index (χ3v) is 2.68. The summed E-state index contributed by atoms with van der Waals surface area (Å²) in [6.07, 6.45) is 0. The molecular formula is C8H3BrN2O4. The molecule has 0 unspecified atom stereocenters. The van der Waals surface area contributed by atoms with Crippen molar-refractivity contribution >= 4 is 33.6 Å². The summed E-state index contributed by atoms with van der Waals surface area (Å²) in [5, 5.41) is 10.6. The van der Waals surface area contributed by atoms with E-state index in [0.717, 1.165) is 0 Å². The lowest BCUT2D eigenvalue weighted by Gasteiger charge is -1.98. The van der Waals surface area contributed by atoms with Gasteiger partial charge in [-0.25, -0.2) is 3.93 Å². The van der Waals surface area contributed by atoms with E-state index >= 15 is 0 Å². The van der Waals surface area contributed by atoms with Crippen LogP contribution in [-0.2, 0) is 0 Å². The fraction of sp³-hybridized carbons (Fsp3) is 0. The van der Waals surface area contributed by atoms with E-state index in [1.165, 1.54) is 18.2 Å². The number of carbonyl (C=O) groups excluding carboxylic acids is 2. The van der Waals surface area contributed by atoms with Crippen molar-refractivity contribution in [1.82, 2.24) is 3.93 Å². The van der Waals surface area contributed by atoms with E-state index in [1.807, 2.05) is 0 Å². The van der Waals surface area contributed by atoms with E-state index in [-0.39, 0.29) is 16.8 Å².